The molecule has 1 N–H and O–H groups in total. The number of carbonyl (C=O) groups is 1. The van der Waals surface area contributed by atoms with Gasteiger partial charge in [0.1, 0.15) is 0 Å². The molecule has 0 saturated carbocycles. The van der Waals surface area contributed by atoms with E-state index < -0.39 is 11.8 Å². The summed E-state index contributed by atoms with van der Waals surface area (Å²) in [6.07, 6.45) is 0. The molecular weight excluding hydrogens is 398 g/mol. The van der Waals surface area contributed by atoms with Gasteiger partial charge in [0.15, 0.2) is 11.5 Å². The average Bonchev–Trinajstić information content (AvgIpc) is 2.69. The van der Waals surface area contributed by atoms with E-state index in [1.807, 2.05) is 44.0 Å². The molecule has 0 aromatic heterocycles. The zero-order valence-electron chi connectivity index (χ0n) is 16.9. The summed E-state index contributed by atoms with van der Waals surface area (Å²) in [7, 11) is 3.45. The maximum atomic E-state index is 12.5. The third-order valence-corrected chi connectivity index (χ3v) is 5.07. The van der Waals surface area contributed by atoms with Gasteiger partial charge in [-0.05, 0) is 62.9 Å². The van der Waals surface area contributed by atoms with Crippen molar-refractivity contribution in [3.05, 3.63) is 48.0 Å². The number of thioether (sulfide) groups is 1. The van der Waals surface area contributed by atoms with Gasteiger partial charge >= 0.3 is 0 Å². The minimum atomic E-state index is -2.47. The molecule has 8 heteroatoms. The van der Waals surface area contributed by atoms with Gasteiger partial charge in [0, 0.05) is 17.1 Å². The van der Waals surface area contributed by atoms with Crippen LogP contribution in [-0.2, 0) is 11.3 Å². The number of carbonyl (C=O) groups excluding carboxylic acids is 1. The first-order valence-corrected chi connectivity index (χ1v) is 10.1. The van der Waals surface area contributed by atoms with Gasteiger partial charge in [-0.3, -0.25) is 9.69 Å². The van der Waals surface area contributed by atoms with E-state index in [9.17, 15) is 13.6 Å². The van der Waals surface area contributed by atoms with Gasteiger partial charge in [-0.2, -0.15) is 8.78 Å². The fourth-order valence-electron chi connectivity index (χ4n) is 2.68. The van der Waals surface area contributed by atoms with Crippen LogP contribution < -0.4 is 14.8 Å². The Kier molecular flexibility index (Phi) is 8.72. The molecule has 1 atom stereocenters. The van der Waals surface area contributed by atoms with E-state index >= 15 is 0 Å². The van der Waals surface area contributed by atoms with Crippen molar-refractivity contribution in [1.82, 2.24) is 4.90 Å². The van der Waals surface area contributed by atoms with E-state index in [-0.39, 0.29) is 5.91 Å². The summed E-state index contributed by atoms with van der Waals surface area (Å²) in [4.78, 5) is 14.9. The fraction of sp³-hybridized carbons (Fsp3) is 0.381. The van der Waals surface area contributed by atoms with Crippen LogP contribution in [0, 0.1) is 0 Å². The molecule has 29 heavy (non-hydrogen) atoms. The highest BCUT2D eigenvalue weighted by atomic mass is 32.2. The maximum Gasteiger partial charge on any atom is 0.288 e. The van der Waals surface area contributed by atoms with E-state index in [4.69, 9.17) is 9.47 Å². The third kappa shape index (κ3) is 6.90. The Morgan fingerprint density at radius 3 is 2.45 bits per heavy atom. The highest BCUT2D eigenvalue weighted by molar-refractivity contribution is 7.99. The minimum Gasteiger partial charge on any atom is -0.493 e. The van der Waals surface area contributed by atoms with Gasteiger partial charge in [-0.1, -0.05) is 17.8 Å². The van der Waals surface area contributed by atoms with Crippen molar-refractivity contribution in [1.29, 1.82) is 0 Å². The first-order valence-electron chi connectivity index (χ1n) is 9.19. The number of benzene rings is 2. The second-order valence-electron chi connectivity index (χ2n) is 6.40. The quantitative estimate of drug-likeness (QED) is 0.552. The number of nitrogens with one attached hydrogen (secondary N) is 1. The molecule has 0 saturated heterocycles. The molecule has 0 fully saturated rings. The number of ether oxygens (including phenoxy) is 2. The smallest absolute Gasteiger partial charge is 0.288 e. The number of rotatable bonds is 10. The number of hydrogen-bond donors (Lipinski definition) is 1. The number of anilines is 1. The maximum absolute atomic E-state index is 12.5. The molecule has 5 nitrogen and oxygen atoms in total. The van der Waals surface area contributed by atoms with Gasteiger partial charge < -0.3 is 14.8 Å². The predicted octanol–water partition coefficient (Wildman–Crippen LogP) is 4.87. The lowest BCUT2D eigenvalue weighted by Gasteiger charge is -2.24. The Morgan fingerprint density at radius 2 is 1.86 bits per heavy atom. The SMILES string of the molecule is CCOc1ccc(CN(C)[C@H](C)C(=O)Nc2ccc(SC(F)F)cc2)cc1OC. The minimum absolute atomic E-state index is 0.181. The predicted molar refractivity (Wildman–Crippen MR) is 112 cm³/mol. The Morgan fingerprint density at radius 1 is 1.17 bits per heavy atom. The van der Waals surface area contributed by atoms with Crippen molar-refractivity contribution in [3.8, 4) is 11.5 Å². The van der Waals surface area contributed by atoms with E-state index in [1.54, 1.807) is 31.4 Å². The van der Waals surface area contributed by atoms with Crippen molar-refractivity contribution in [2.45, 2.75) is 37.1 Å². The van der Waals surface area contributed by atoms with Crippen LogP contribution in [0.3, 0.4) is 0 Å². The molecule has 0 heterocycles. The number of methoxy groups -OCH3 is 1. The van der Waals surface area contributed by atoms with Gasteiger partial charge in [-0.15, -0.1) is 0 Å². The van der Waals surface area contributed by atoms with Crippen LogP contribution in [0.25, 0.3) is 0 Å². The molecule has 2 aromatic carbocycles. The monoisotopic (exact) mass is 424 g/mol. The number of likely N-dealkylation sites (N-methyl/N-ethyl adjacent to an activating group) is 1. The molecule has 2 aromatic rings. The van der Waals surface area contributed by atoms with Crippen LogP contribution >= 0.6 is 11.8 Å². The molecular formula is C21H26F2N2O3S. The Hall–Kier alpha value is -2.32. The lowest BCUT2D eigenvalue weighted by molar-refractivity contribution is -0.120. The first kappa shape index (κ1) is 23.0. The van der Waals surface area contributed by atoms with Crippen LogP contribution in [0.1, 0.15) is 19.4 Å². The van der Waals surface area contributed by atoms with Crippen LogP contribution in [0.2, 0.25) is 0 Å². The summed E-state index contributed by atoms with van der Waals surface area (Å²) < 4.78 is 35.7. The number of hydrogen-bond acceptors (Lipinski definition) is 5. The molecule has 0 aliphatic carbocycles. The molecule has 0 unspecified atom stereocenters. The Balaban J connectivity index is 1.96. The van der Waals surface area contributed by atoms with Gasteiger partial charge in [0.2, 0.25) is 5.91 Å². The lowest BCUT2D eigenvalue weighted by Crippen LogP contribution is -2.39. The highest BCUT2D eigenvalue weighted by Gasteiger charge is 2.19. The molecule has 0 aliphatic heterocycles. The topological polar surface area (TPSA) is 50.8 Å². The van der Waals surface area contributed by atoms with Crippen molar-refractivity contribution in [2.75, 3.05) is 26.1 Å². The largest absolute Gasteiger partial charge is 0.493 e. The van der Waals surface area contributed by atoms with Crippen molar-refractivity contribution in [3.63, 3.8) is 0 Å². The average molecular weight is 425 g/mol. The first-order chi connectivity index (χ1) is 13.8. The van der Waals surface area contributed by atoms with E-state index in [0.717, 1.165) is 5.56 Å². The zero-order chi connectivity index (χ0) is 21.4. The molecule has 1 amide bonds. The second-order valence-corrected chi connectivity index (χ2v) is 7.46. The molecule has 158 valence electrons. The van der Waals surface area contributed by atoms with Crippen LogP contribution in [-0.4, -0.2) is 43.4 Å². The lowest BCUT2D eigenvalue weighted by atomic mass is 10.1. The van der Waals surface area contributed by atoms with Crippen molar-refractivity contribution >= 4 is 23.4 Å². The van der Waals surface area contributed by atoms with Gasteiger partial charge in [0.05, 0.1) is 19.8 Å². The van der Waals surface area contributed by atoms with E-state index in [1.165, 1.54) is 0 Å². The number of halogens is 2. The molecule has 2 rings (SSSR count). The number of alkyl halides is 2. The van der Waals surface area contributed by atoms with Crippen molar-refractivity contribution < 1.29 is 23.0 Å². The second kappa shape index (κ2) is 11.0. The Labute approximate surface area is 174 Å². The van der Waals surface area contributed by atoms with Gasteiger partial charge in [0.25, 0.3) is 5.76 Å². The zero-order valence-corrected chi connectivity index (χ0v) is 17.8. The fourth-order valence-corrected chi connectivity index (χ4v) is 3.18. The normalized spacial score (nSPS) is 12.1. The van der Waals surface area contributed by atoms with E-state index in [2.05, 4.69) is 5.32 Å². The summed E-state index contributed by atoms with van der Waals surface area (Å²) in [6, 6.07) is 11.6. The van der Waals surface area contributed by atoms with Crippen LogP contribution in [0.15, 0.2) is 47.4 Å². The van der Waals surface area contributed by atoms with Crippen LogP contribution in [0.5, 0.6) is 11.5 Å². The summed E-state index contributed by atoms with van der Waals surface area (Å²) in [5.41, 5.74) is 1.55. The number of amides is 1. The number of nitrogens with zero attached hydrogens (tertiary/aromatic N) is 1. The Bertz CT molecular complexity index is 803. The van der Waals surface area contributed by atoms with Crippen LogP contribution in [0.4, 0.5) is 14.5 Å². The summed E-state index contributed by atoms with van der Waals surface area (Å²) in [5, 5.41) is 2.82. The molecule has 0 radical (unpaired) electrons. The highest BCUT2D eigenvalue weighted by Crippen LogP contribution is 2.29. The van der Waals surface area contributed by atoms with Crippen molar-refractivity contribution in [2.24, 2.45) is 0 Å². The molecule has 0 aliphatic rings. The summed E-state index contributed by atoms with van der Waals surface area (Å²) in [5.74, 6) is -1.32. The standard InChI is InChI=1S/C21H26F2N2O3S/c1-5-28-18-11-6-15(12-19(18)27-4)13-25(3)14(2)20(26)24-16-7-9-17(10-8-16)29-21(22)23/h6-12,14,21H,5,13H2,1-4H3,(H,24,26)/t14-/m1/s1. The molecule has 0 spiro atoms. The van der Waals surface area contributed by atoms with Gasteiger partial charge in [-0.25, -0.2) is 0 Å². The molecule has 0 bridgehead atoms. The van der Waals surface area contributed by atoms with E-state index in [0.29, 0.717) is 47.0 Å². The third-order valence-electron chi connectivity index (χ3n) is 4.35. The summed E-state index contributed by atoms with van der Waals surface area (Å²) in [6.45, 7) is 4.81. The summed E-state index contributed by atoms with van der Waals surface area (Å²) >= 11 is 0.472.